The summed E-state index contributed by atoms with van der Waals surface area (Å²) >= 11 is 20.9. The third-order valence-corrected chi connectivity index (χ3v) is 4.22. The highest BCUT2D eigenvalue weighted by Gasteiger charge is 2.13. The Morgan fingerprint density at radius 2 is 1.89 bits per heavy atom. The first kappa shape index (κ1) is 14.7. The molecular formula is C12H8BrCl3N2O. The maximum Gasteiger partial charge on any atom is 0.272 e. The molecule has 0 saturated heterocycles. The molecule has 0 aliphatic rings. The average molecular weight is 382 g/mol. The van der Waals surface area contributed by atoms with Crippen LogP contribution in [0.1, 0.15) is 16.1 Å². The number of amides is 1. The van der Waals surface area contributed by atoms with Crippen LogP contribution in [-0.4, -0.2) is 10.9 Å². The van der Waals surface area contributed by atoms with E-state index in [1.54, 1.807) is 6.07 Å². The molecule has 100 valence electrons. The lowest BCUT2D eigenvalue weighted by Gasteiger charge is -2.08. The van der Waals surface area contributed by atoms with Gasteiger partial charge in [-0.15, -0.1) is 0 Å². The minimum atomic E-state index is -0.352. The van der Waals surface area contributed by atoms with Gasteiger partial charge in [0.1, 0.15) is 10.8 Å². The summed E-state index contributed by atoms with van der Waals surface area (Å²) in [5, 5.41) is 3.82. The molecule has 3 nitrogen and oxygen atoms in total. The van der Waals surface area contributed by atoms with E-state index >= 15 is 0 Å². The number of carbonyl (C=O) groups excluding carboxylic acids is 1. The number of anilines is 1. The van der Waals surface area contributed by atoms with Crippen molar-refractivity contribution < 1.29 is 4.79 Å². The van der Waals surface area contributed by atoms with Crippen molar-refractivity contribution in [1.82, 2.24) is 4.98 Å². The van der Waals surface area contributed by atoms with Crippen molar-refractivity contribution in [2.24, 2.45) is 0 Å². The van der Waals surface area contributed by atoms with E-state index in [9.17, 15) is 4.79 Å². The Kier molecular flexibility index (Phi) is 4.46. The van der Waals surface area contributed by atoms with Gasteiger partial charge in [0, 0.05) is 9.50 Å². The second-order valence-electron chi connectivity index (χ2n) is 3.88. The van der Waals surface area contributed by atoms with Crippen LogP contribution in [0.2, 0.25) is 15.2 Å². The van der Waals surface area contributed by atoms with Crippen molar-refractivity contribution >= 4 is 62.3 Å². The Labute approximate surface area is 133 Å². The first-order valence-electron chi connectivity index (χ1n) is 5.19. The highest BCUT2D eigenvalue weighted by molar-refractivity contribution is 9.10. The summed E-state index contributed by atoms with van der Waals surface area (Å²) in [6.07, 6.45) is 0. The monoisotopic (exact) mass is 380 g/mol. The van der Waals surface area contributed by atoms with Gasteiger partial charge in [0.2, 0.25) is 0 Å². The molecule has 0 aliphatic carbocycles. The molecule has 19 heavy (non-hydrogen) atoms. The molecule has 0 saturated carbocycles. The van der Waals surface area contributed by atoms with E-state index in [-0.39, 0.29) is 16.8 Å². The Balaban J connectivity index is 2.26. The fourth-order valence-electron chi connectivity index (χ4n) is 1.46. The average Bonchev–Trinajstić information content (AvgIpc) is 2.67. The van der Waals surface area contributed by atoms with Crippen molar-refractivity contribution in [1.29, 1.82) is 0 Å². The molecule has 2 N–H and O–H groups in total. The molecule has 7 heteroatoms. The molecule has 2 rings (SSSR count). The first-order chi connectivity index (χ1) is 8.88. The number of carbonyl (C=O) groups is 1. The molecule has 0 bridgehead atoms. The van der Waals surface area contributed by atoms with Crippen molar-refractivity contribution in [2.45, 2.75) is 6.92 Å². The standard InChI is InChI=1S/C12H8BrCl3N2O/c1-5-2-6(13)9(3-7(5)14)18-12(19)10-4-8(15)11(16)17-10/h2-4,17H,1H3,(H,18,19). The molecule has 2 aromatic rings. The van der Waals surface area contributed by atoms with Gasteiger partial charge in [-0.2, -0.15) is 0 Å². The van der Waals surface area contributed by atoms with Crippen LogP contribution in [0, 0.1) is 6.92 Å². The van der Waals surface area contributed by atoms with Crippen LogP contribution in [0.5, 0.6) is 0 Å². The highest BCUT2D eigenvalue weighted by Crippen LogP contribution is 2.30. The maximum absolute atomic E-state index is 12.0. The number of H-pyrrole nitrogens is 1. The van der Waals surface area contributed by atoms with E-state index in [0.717, 1.165) is 10.0 Å². The van der Waals surface area contributed by atoms with E-state index < -0.39 is 0 Å². The molecule has 0 spiro atoms. The lowest BCUT2D eigenvalue weighted by molar-refractivity contribution is 0.102. The summed E-state index contributed by atoms with van der Waals surface area (Å²) < 4.78 is 0.742. The number of aryl methyl sites for hydroxylation is 1. The Hall–Kier alpha value is -0.680. The van der Waals surface area contributed by atoms with Crippen LogP contribution in [0.15, 0.2) is 22.7 Å². The third kappa shape index (κ3) is 3.26. The van der Waals surface area contributed by atoms with E-state index in [2.05, 4.69) is 26.2 Å². The number of halogens is 4. The zero-order chi connectivity index (χ0) is 14.2. The van der Waals surface area contributed by atoms with Gasteiger partial charge >= 0.3 is 0 Å². The SMILES string of the molecule is Cc1cc(Br)c(NC(=O)c2cc(Cl)c(Cl)[nH]2)cc1Cl. The first-order valence-corrected chi connectivity index (χ1v) is 7.12. The van der Waals surface area contributed by atoms with Crippen LogP contribution in [0.4, 0.5) is 5.69 Å². The number of nitrogens with one attached hydrogen (secondary N) is 2. The fraction of sp³-hybridized carbons (Fsp3) is 0.0833. The van der Waals surface area contributed by atoms with Gasteiger partial charge in [-0.05, 0) is 46.6 Å². The predicted molar refractivity (Wildman–Crippen MR) is 82.7 cm³/mol. The summed E-state index contributed by atoms with van der Waals surface area (Å²) in [7, 11) is 0. The van der Waals surface area contributed by atoms with Crippen LogP contribution in [-0.2, 0) is 0 Å². The molecule has 0 aliphatic heterocycles. The molecular weight excluding hydrogens is 374 g/mol. The molecule has 0 fully saturated rings. The van der Waals surface area contributed by atoms with E-state index in [1.165, 1.54) is 6.07 Å². The van der Waals surface area contributed by atoms with Crippen LogP contribution in [0.25, 0.3) is 0 Å². The van der Waals surface area contributed by atoms with Gasteiger partial charge in [0.15, 0.2) is 0 Å². The van der Waals surface area contributed by atoms with E-state index in [4.69, 9.17) is 34.8 Å². The quantitative estimate of drug-likeness (QED) is 0.727. The number of benzene rings is 1. The Morgan fingerprint density at radius 3 is 2.47 bits per heavy atom. The smallest absolute Gasteiger partial charge is 0.272 e. The molecule has 1 aromatic carbocycles. The molecule has 1 aromatic heterocycles. The van der Waals surface area contributed by atoms with Crippen molar-refractivity contribution in [3.05, 3.63) is 49.1 Å². The zero-order valence-electron chi connectivity index (χ0n) is 9.65. The summed E-state index contributed by atoms with van der Waals surface area (Å²) in [4.78, 5) is 14.7. The highest BCUT2D eigenvalue weighted by atomic mass is 79.9. The van der Waals surface area contributed by atoms with Crippen LogP contribution in [0.3, 0.4) is 0 Å². The van der Waals surface area contributed by atoms with Gasteiger partial charge in [0.25, 0.3) is 5.91 Å². The minimum absolute atomic E-state index is 0.229. The van der Waals surface area contributed by atoms with Gasteiger partial charge in [0.05, 0.1) is 10.7 Å². The van der Waals surface area contributed by atoms with Crippen molar-refractivity contribution in [3.8, 4) is 0 Å². The number of hydrogen-bond acceptors (Lipinski definition) is 1. The third-order valence-electron chi connectivity index (χ3n) is 2.47. The summed E-state index contributed by atoms with van der Waals surface area (Å²) in [6.45, 7) is 1.88. The van der Waals surface area contributed by atoms with Gasteiger partial charge < -0.3 is 10.3 Å². The van der Waals surface area contributed by atoms with Gasteiger partial charge in [-0.1, -0.05) is 34.8 Å². The second-order valence-corrected chi connectivity index (χ2v) is 5.93. The fourth-order valence-corrected chi connectivity index (χ4v) is 2.49. The summed E-state index contributed by atoms with van der Waals surface area (Å²) in [5.41, 5.74) is 1.76. The molecule has 1 amide bonds. The van der Waals surface area contributed by atoms with E-state index in [1.807, 2.05) is 13.0 Å². The molecule has 1 heterocycles. The molecule has 0 radical (unpaired) electrons. The number of aromatic nitrogens is 1. The van der Waals surface area contributed by atoms with Crippen LogP contribution >= 0.6 is 50.7 Å². The van der Waals surface area contributed by atoms with Crippen molar-refractivity contribution in [2.75, 3.05) is 5.32 Å². The number of rotatable bonds is 2. The Morgan fingerprint density at radius 1 is 1.21 bits per heavy atom. The van der Waals surface area contributed by atoms with E-state index in [0.29, 0.717) is 15.7 Å². The topological polar surface area (TPSA) is 44.9 Å². The Bertz CT molecular complexity index is 635. The van der Waals surface area contributed by atoms with Crippen LogP contribution < -0.4 is 5.32 Å². The van der Waals surface area contributed by atoms with Crippen molar-refractivity contribution in [3.63, 3.8) is 0 Å². The zero-order valence-corrected chi connectivity index (χ0v) is 13.5. The van der Waals surface area contributed by atoms with Gasteiger partial charge in [-0.25, -0.2) is 0 Å². The number of hydrogen-bond donors (Lipinski definition) is 2. The lowest BCUT2D eigenvalue weighted by atomic mass is 10.2. The summed E-state index contributed by atoms with van der Waals surface area (Å²) in [5.74, 6) is -0.352. The number of aromatic amines is 1. The largest absolute Gasteiger partial charge is 0.340 e. The normalized spacial score (nSPS) is 10.6. The lowest BCUT2D eigenvalue weighted by Crippen LogP contribution is -2.12. The predicted octanol–water partition coefficient (Wildman–Crippen LogP) is 5.30. The molecule has 0 atom stereocenters. The minimum Gasteiger partial charge on any atom is -0.340 e. The maximum atomic E-state index is 12.0. The van der Waals surface area contributed by atoms with Gasteiger partial charge in [-0.3, -0.25) is 4.79 Å². The summed E-state index contributed by atoms with van der Waals surface area (Å²) in [6, 6.07) is 4.96. The second kappa shape index (κ2) is 5.75. The molecule has 0 unspecified atom stereocenters.